The molecule has 1 aliphatic heterocycles. The molecule has 0 aromatic carbocycles. The molecule has 6 nitrogen and oxygen atoms in total. The van der Waals surface area contributed by atoms with Crippen LogP contribution in [0.15, 0.2) is 28.7 Å². The number of amides is 3. The third kappa shape index (κ3) is 2.42. The molecular formula is C16H20N2O4. The van der Waals surface area contributed by atoms with Gasteiger partial charge in [0.1, 0.15) is 5.92 Å². The van der Waals surface area contributed by atoms with Gasteiger partial charge >= 0.3 is 6.03 Å². The number of imide groups is 1. The molecule has 1 heterocycles. The first-order chi connectivity index (χ1) is 10.7. The summed E-state index contributed by atoms with van der Waals surface area (Å²) in [5.41, 5.74) is 0.430. The number of urea groups is 1. The molecule has 1 atom stereocenters. The summed E-state index contributed by atoms with van der Waals surface area (Å²) in [6.45, 7) is 0. The van der Waals surface area contributed by atoms with E-state index < -0.39 is 11.9 Å². The van der Waals surface area contributed by atoms with Gasteiger partial charge in [-0.05, 0) is 18.9 Å². The van der Waals surface area contributed by atoms with Gasteiger partial charge in [0.25, 0.3) is 0 Å². The number of hydrogen-bond donors (Lipinski definition) is 0. The maximum atomic E-state index is 12.8. The molecule has 2 aliphatic carbocycles. The molecule has 0 saturated heterocycles. The summed E-state index contributed by atoms with van der Waals surface area (Å²) in [5.74, 6) is 0.207. The Morgan fingerprint density at radius 1 is 1.09 bits per heavy atom. The van der Waals surface area contributed by atoms with Gasteiger partial charge in [0.05, 0.1) is 19.9 Å². The first kappa shape index (κ1) is 14.8. The molecule has 0 radical (unpaired) electrons. The van der Waals surface area contributed by atoms with E-state index in [9.17, 15) is 9.59 Å². The zero-order chi connectivity index (χ0) is 15.7. The molecule has 0 N–H and O–H groups in total. The molecule has 3 amide bonds. The van der Waals surface area contributed by atoms with E-state index in [1.54, 1.807) is 12.2 Å². The summed E-state index contributed by atoms with van der Waals surface area (Å²) in [7, 11) is 3.04. The van der Waals surface area contributed by atoms with Gasteiger partial charge in [-0.15, -0.1) is 0 Å². The molecule has 0 bridgehead atoms. The Hall–Kier alpha value is -2.11. The highest BCUT2D eigenvalue weighted by Crippen LogP contribution is 2.31. The highest BCUT2D eigenvalue weighted by atomic mass is 16.5. The van der Waals surface area contributed by atoms with Gasteiger partial charge in [-0.2, -0.15) is 4.99 Å². The standard InChI is InChI=1S/C16H20N2O4/c1-21-13-8-11-12(9-14(13)22-2)17-16(20)18(15(11)19)10-6-4-3-5-7-10/h8-11H,3-7H2,1-2H3. The maximum Gasteiger partial charge on any atom is 0.350 e. The number of carbonyl (C=O) groups excluding carboxylic acids is 2. The van der Waals surface area contributed by atoms with Crippen molar-refractivity contribution in [2.75, 3.05) is 14.2 Å². The number of rotatable bonds is 3. The Kier molecular flexibility index (Phi) is 4.00. The van der Waals surface area contributed by atoms with Crippen LogP contribution in [-0.4, -0.2) is 42.8 Å². The maximum absolute atomic E-state index is 12.8. The van der Waals surface area contributed by atoms with Crippen molar-refractivity contribution in [3.63, 3.8) is 0 Å². The van der Waals surface area contributed by atoms with Crippen LogP contribution in [0.25, 0.3) is 0 Å². The second kappa shape index (κ2) is 5.94. The minimum Gasteiger partial charge on any atom is -0.493 e. The normalized spacial score (nSPS) is 26.0. The summed E-state index contributed by atoms with van der Waals surface area (Å²) in [6.07, 6.45) is 8.30. The van der Waals surface area contributed by atoms with Crippen molar-refractivity contribution >= 4 is 17.6 Å². The molecule has 0 spiro atoms. The number of allylic oxidation sites excluding steroid dienone is 1. The highest BCUT2D eigenvalue weighted by molar-refractivity contribution is 6.22. The van der Waals surface area contributed by atoms with E-state index in [1.807, 2.05) is 0 Å². The van der Waals surface area contributed by atoms with Crippen LogP contribution in [0, 0.1) is 5.92 Å². The highest BCUT2D eigenvalue weighted by Gasteiger charge is 2.41. The predicted octanol–water partition coefficient (Wildman–Crippen LogP) is 2.41. The first-order valence-electron chi connectivity index (χ1n) is 7.63. The molecule has 1 saturated carbocycles. The topological polar surface area (TPSA) is 68.2 Å². The number of carbonyl (C=O) groups is 2. The molecule has 22 heavy (non-hydrogen) atoms. The van der Waals surface area contributed by atoms with E-state index in [2.05, 4.69) is 4.99 Å². The largest absolute Gasteiger partial charge is 0.493 e. The number of methoxy groups -OCH3 is 2. The third-order valence-electron chi connectivity index (χ3n) is 4.47. The fourth-order valence-corrected chi connectivity index (χ4v) is 3.33. The molecule has 0 aromatic heterocycles. The van der Waals surface area contributed by atoms with Crippen LogP contribution in [0.5, 0.6) is 0 Å². The van der Waals surface area contributed by atoms with Gasteiger partial charge < -0.3 is 9.47 Å². The second-order valence-electron chi connectivity index (χ2n) is 5.74. The number of hydrogen-bond acceptors (Lipinski definition) is 4. The lowest BCUT2D eigenvalue weighted by molar-refractivity contribution is -0.131. The lowest BCUT2D eigenvalue weighted by atomic mass is 9.89. The summed E-state index contributed by atoms with van der Waals surface area (Å²) in [6, 6.07) is -0.477. The van der Waals surface area contributed by atoms with E-state index in [0.717, 1.165) is 25.7 Å². The van der Waals surface area contributed by atoms with E-state index in [0.29, 0.717) is 17.2 Å². The Morgan fingerprint density at radius 3 is 2.41 bits per heavy atom. The SMILES string of the molecule is COC1=CC2=NC(=O)N(C3CCCCC3)C(=O)C2C=C1OC. The molecule has 6 heteroatoms. The molecule has 1 unspecified atom stereocenters. The van der Waals surface area contributed by atoms with Crippen molar-refractivity contribution in [3.8, 4) is 0 Å². The monoisotopic (exact) mass is 304 g/mol. The average Bonchev–Trinajstić information content (AvgIpc) is 2.54. The number of ether oxygens (including phenoxy) is 2. The lowest BCUT2D eigenvalue weighted by Gasteiger charge is -2.36. The number of aliphatic imine (C=N–C) groups is 1. The van der Waals surface area contributed by atoms with Crippen LogP contribution >= 0.6 is 0 Å². The van der Waals surface area contributed by atoms with E-state index in [4.69, 9.17) is 9.47 Å². The predicted molar refractivity (Wildman–Crippen MR) is 80.2 cm³/mol. The molecule has 3 aliphatic rings. The summed E-state index contributed by atoms with van der Waals surface area (Å²) >= 11 is 0. The van der Waals surface area contributed by atoms with E-state index in [1.165, 1.54) is 25.5 Å². The Labute approximate surface area is 129 Å². The number of nitrogens with zero attached hydrogens (tertiary/aromatic N) is 2. The van der Waals surface area contributed by atoms with Crippen LogP contribution in [0.3, 0.4) is 0 Å². The summed E-state index contributed by atoms with van der Waals surface area (Å²) in [5, 5.41) is 0. The fraction of sp³-hybridized carbons (Fsp3) is 0.562. The summed E-state index contributed by atoms with van der Waals surface area (Å²) < 4.78 is 10.5. The van der Waals surface area contributed by atoms with Crippen molar-refractivity contribution in [3.05, 3.63) is 23.7 Å². The number of fused-ring (bicyclic) bond motifs is 1. The Balaban J connectivity index is 1.93. The molecule has 0 aromatic rings. The first-order valence-corrected chi connectivity index (χ1v) is 7.63. The van der Waals surface area contributed by atoms with Gasteiger partial charge in [-0.3, -0.25) is 9.69 Å². The Bertz CT molecular complexity index is 585. The van der Waals surface area contributed by atoms with Gasteiger partial charge in [0.2, 0.25) is 5.91 Å². The average molecular weight is 304 g/mol. The van der Waals surface area contributed by atoms with Crippen LogP contribution in [0.4, 0.5) is 4.79 Å². The van der Waals surface area contributed by atoms with Crippen LogP contribution in [0.1, 0.15) is 32.1 Å². The van der Waals surface area contributed by atoms with Crippen molar-refractivity contribution in [1.29, 1.82) is 0 Å². The third-order valence-corrected chi connectivity index (χ3v) is 4.47. The zero-order valence-corrected chi connectivity index (χ0v) is 12.9. The lowest BCUT2D eigenvalue weighted by Crippen LogP contribution is -2.51. The smallest absolute Gasteiger partial charge is 0.350 e. The van der Waals surface area contributed by atoms with Crippen LogP contribution in [0.2, 0.25) is 0 Å². The summed E-state index contributed by atoms with van der Waals surface area (Å²) in [4.78, 5) is 30.5. The molecule has 3 rings (SSSR count). The second-order valence-corrected chi connectivity index (χ2v) is 5.74. The minimum atomic E-state index is -0.562. The van der Waals surface area contributed by atoms with Gasteiger partial charge in [-0.1, -0.05) is 19.3 Å². The molecule has 118 valence electrons. The van der Waals surface area contributed by atoms with Crippen LogP contribution < -0.4 is 0 Å². The Morgan fingerprint density at radius 2 is 1.77 bits per heavy atom. The minimum absolute atomic E-state index is 0.0220. The van der Waals surface area contributed by atoms with Crippen molar-refractivity contribution in [1.82, 2.24) is 4.90 Å². The van der Waals surface area contributed by atoms with E-state index >= 15 is 0 Å². The quantitative estimate of drug-likeness (QED) is 0.803. The van der Waals surface area contributed by atoms with Gasteiger partial charge in [-0.25, -0.2) is 4.79 Å². The van der Waals surface area contributed by atoms with Gasteiger partial charge in [0.15, 0.2) is 11.5 Å². The fourth-order valence-electron chi connectivity index (χ4n) is 3.33. The van der Waals surface area contributed by atoms with Crippen molar-refractivity contribution in [2.45, 2.75) is 38.1 Å². The van der Waals surface area contributed by atoms with Crippen molar-refractivity contribution in [2.24, 2.45) is 10.9 Å². The van der Waals surface area contributed by atoms with Crippen LogP contribution in [-0.2, 0) is 14.3 Å². The molecular weight excluding hydrogens is 284 g/mol. The molecule has 1 fully saturated rings. The van der Waals surface area contributed by atoms with Crippen molar-refractivity contribution < 1.29 is 19.1 Å². The van der Waals surface area contributed by atoms with Gasteiger partial charge in [0, 0.05) is 12.1 Å². The van der Waals surface area contributed by atoms with E-state index in [-0.39, 0.29) is 11.9 Å². The zero-order valence-electron chi connectivity index (χ0n) is 12.9.